The van der Waals surface area contributed by atoms with E-state index in [1.807, 2.05) is 6.07 Å². The summed E-state index contributed by atoms with van der Waals surface area (Å²) in [4.78, 5) is 21.7. The zero-order valence-electron chi connectivity index (χ0n) is 10.1. The van der Waals surface area contributed by atoms with Crippen LogP contribution in [0.15, 0.2) is 24.3 Å². The molecule has 0 radical (unpaired) electrons. The van der Waals surface area contributed by atoms with Crippen molar-refractivity contribution in [3.05, 3.63) is 39.9 Å². The van der Waals surface area contributed by atoms with E-state index in [1.54, 1.807) is 13.8 Å². The fraction of sp³-hybridized carbons (Fsp3) is 0.333. The Kier molecular flexibility index (Phi) is 4.38. The summed E-state index contributed by atoms with van der Waals surface area (Å²) in [5.74, 6) is -0.647. The molecule has 1 aromatic rings. The van der Waals surface area contributed by atoms with Crippen LogP contribution in [-0.2, 0) is 0 Å². The Labute approximate surface area is 104 Å². The maximum absolute atomic E-state index is 11.8. The molecule has 0 aromatic heterocycles. The van der Waals surface area contributed by atoms with Gasteiger partial charge in [-0.3, -0.25) is 14.9 Å². The topological polar surface area (TPSA) is 96.0 Å². The lowest BCUT2D eigenvalue weighted by Crippen LogP contribution is -2.36. The van der Waals surface area contributed by atoms with Crippen molar-refractivity contribution >= 4 is 11.6 Å². The van der Waals surface area contributed by atoms with Gasteiger partial charge in [-0.25, -0.2) is 0 Å². The molecule has 2 atom stereocenters. The minimum atomic E-state index is -0.526. The molecule has 1 N–H and O–H groups in total. The molecule has 94 valence electrons. The van der Waals surface area contributed by atoms with Gasteiger partial charge in [-0.15, -0.1) is 0 Å². The van der Waals surface area contributed by atoms with Crippen LogP contribution in [0.25, 0.3) is 0 Å². The highest BCUT2D eigenvalue weighted by Gasteiger charge is 2.15. The normalized spacial score (nSPS) is 13.2. The molecule has 1 aromatic carbocycles. The summed E-state index contributed by atoms with van der Waals surface area (Å²) in [5.41, 5.74) is 0.266. The average molecular weight is 247 g/mol. The molecule has 1 amide bonds. The fourth-order valence-corrected chi connectivity index (χ4v) is 1.26. The van der Waals surface area contributed by atoms with Crippen molar-refractivity contribution in [2.75, 3.05) is 0 Å². The third kappa shape index (κ3) is 3.28. The molecule has 0 saturated carbocycles. The van der Waals surface area contributed by atoms with E-state index in [2.05, 4.69) is 5.32 Å². The number of amides is 1. The van der Waals surface area contributed by atoms with Crippen molar-refractivity contribution in [1.29, 1.82) is 5.26 Å². The van der Waals surface area contributed by atoms with Gasteiger partial charge in [-0.1, -0.05) is 0 Å². The van der Waals surface area contributed by atoms with Crippen molar-refractivity contribution in [2.45, 2.75) is 19.9 Å². The lowest BCUT2D eigenvalue weighted by molar-refractivity contribution is -0.384. The molecule has 0 unspecified atom stereocenters. The standard InChI is InChI=1S/C12H13N3O3/c1-8(7-13)9(2)14-12(16)10-3-5-11(6-4-10)15(17)18/h3-6,8-9H,1-2H3,(H,14,16)/t8-,9+/m1/s1. The van der Waals surface area contributed by atoms with E-state index in [1.165, 1.54) is 24.3 Å². The van der Waals surface area contributed by atoms with Crippen LogP contribution in [0.1, 0.15) is 24.2 Å². The molecule has 6 nitrogen and oxygen atoms in total. The number of hydrogen-bond donors (Lipinski definition) is 1. The van der Waals surface area contributed by atoms with Gasteiger partial charge in [-0.05, 0) is 26.0 Å². The number of nitrogens with one attached hydrogen (secondary N) is 1. The predicted octanol–water partition coefficient (Wildman–Crippen LogP) is 1.87. The van der Waals surface area contributed by atoms with Crippen LogP contribution >= 0.6 is 0 Å². The second-order valence-corrected chi connectivity index (χ2v) is 3.98. The lowest BCUT2D eigenvalue weighted by Gasteiger charge is -2.15. The van der Waals surface area contributed by atoms with Crippen molar-refractivity contribution < 1.29 is 9.72 Å². The number of non-ortho nitro benzene ring substituents is 1. The summed E-state index contributed by atoms with van der Waals surface area (Å²) < 4.78 is 0. The Balaban J connectivity index is 2.74. The molecule has 0 aliphatic carbocycles. The van der Waals surface area contributed by atoms with Gasteiger partial charge in [-0.2, -0.15) is 5.26 Å². The van der Waals surface area contributed by atoms with Gasteiger partial charge in [0.1, 0.15) is 0 Å². The van der Waals surface area contributed by atoms with Gasteiger partial charge < -0.3 is 5.32 Å². The number of nitro benzene ring substituents is 1. The third-order valence-corrected chi connectivity index (χ3v) is 2.65. The zero-order chi connectivity index (χ0) is 13.7. The first-order valence-corrected chi connectivity index (χ1v) is 5.40. The van der Waals surface area contributed by atoms with Crippen LogP contribution in [0.5, 0.6) is 0 Å². The maximum atomic E-state index is 11.8. The van der Waals surface area contributed by atoms with E-state index in [-0.39, 0.29) is 23.6 Å². The number of carbonyl (C=O) groups is 1. The van der Waals surface area contributed by atoms with Crippen LogP contribution in [0.4, 0.5) is 5.69 Å². The minimum Gasteiger partial charge on any atom is -0.348 e. The zero-order valence-corrected chi connectivity index (χ0v) is 10.1. The van der Waals surface area contributed by atoms with Gasteiger partial charge in [0.2, 0.25) is 0 Å². The number of nitro groups is 1. The first kappa shape index (κ1) is 13.6. The van der Waals surface area contributed by atoms with E-state index in [0.717, 1.165) is 0 Å². The van der Waals surface area contributed by atoms with E-state index in [9.17, 15) is 14.9 Å². The van der Waals surface area contributed by atoms with Crippen LogP contribution in [-0.4, -0.2) is 16.9 Å². The summed E-state index contributed by atoms with van der Waals surface area (Å²) in [5, 5.41) is 21.8. The van der Waals surface area contributed by atoms with Crippen molar-refractivity contribution in [3.63, 3.8) is 0 Å². The van der Waals surface area contributed by atoms with Gasteiger partial charge in [0.15, 0.2) is 0 Å². The van der Waals surface area contributed by atoms with E-state index >= 15 is 0 Å². The number of carbonyl (C=O) groups excluding carboxylic acids is 1. The molecule has 0 fully saturated rings. The Morgan fingerprint density at radius 1 is 1.39 bits per heavy atom. The molecular weight excluding hydrogens is 234 g/mol. The van der Waals surface area contributed by atoms with Crippen LogP contribution < -0.4 is 5.32 Å². The van der Waals surface area contributed by atoms with E-state index in [0.29, 0.717) is 5.56 Å². The smallest absolute Gasteiger partial charge is 0.269 e. The molecule has 1 rings (SSSR count). The molecule has 0 heterocycles. The third-order valence-electron chi connectivity index (χ3n) is 2.65. The van der Waals surface area contributed by atoms with Gasteiger partial charge in [0, 0.05) is 23.7 Å². The van der Waals surface area contributed by atoms with E-state index < -0.39 is 4.92 Å². The van der Waals surface area contributed by atoms with E-state index in [4.69, 9.17) is 5.26 Å². The Bertz CT molecular complexity index is 490. The number of benzene rings is 1. The van der Waals surface area contributed by atoms with Crippen molar-refractivity contribution in [2.24, 2.45) is 5.92 Å². The van der Waals surface area contributed by atoms with Gasteiger partial charge >= 0.3 is 0 Å². The molecule has 0 aliphatic heterocycles. The second-order valence-electron chi connectivity index (χ2n) is 3.98. The van der Waals surface area contributed by atoms with Crippen molar-refractivity contribution in [3.8, 4) is 6.07 Å². The largest absolute Gasteiger partial charge is 0.348 e. The summed E-state index contributed by atoms with van der Waals surface area (Å²) in [6.07, 6.45) is 0. The van der Waals surface area contributed by atoms with Crippen LogP contribution in [0.2, 0.25) is 0 Å². The molecule has 0 bridgehead atoms. The van der Waals surface area contributed by atoms with Crippen molar-refractivity contribution in [1.82, 2.24) is 5.32 Å². The van der Waals surface area contributed by atoms with Crippen LogP contribution in [0, 0.1) is 27.4 Å². The highest BCUT2D eigenvalue weighted by atomic mass is 16.6. The first-order valence-electron chi connectivity index (χ1n) is 5.40. The number of hydrogen-bond acceptors (Lipinski definition) is 4. The molecule has 6 heteroatoms. The second kappa shape index (κ2) is 5.77. The Morgan fingerprint density at radius 3 is 2.39 bits per heavy atom. The average Bonchev–Trinajstić information content (AvgIpc) is 2.37. The lowest BCUT2D eigenvalue weighted by atomic mass is 10.1. The van der Waals surface area contributed by atoms with Gasteiger partial charge in [0.25, 0.3) is 11.6 Å². The molecule has 0 aliphatic rings. The molecular formula is C12H13N3O3. The fourth-order valence-electron chi connectivity index (χ4n) is 1.26. The number of rotatable bonds is 4. The Morgan fingerprint density at radius 2 is 1.94 bits per heavy atom. The predicted molar refractivity (Wildman–Crippen MR) is 64.8 cm³/mol. The Hall–Kier alpha value is -2.42. The summed E-state index contributed by atoms with van der Waals surface area (Å²) in [7, 11) is 0. The summed E-state index contributed by atoms with van der Waals surface area (Å²) >= 11 is 0. The summed E-state index contributed by atoms with van der Waals surface area (Å²) in [6.45, 7) is 3.44. The van der Waals surface area contributed by atoms with Crippen LogP contribution in [0.3, 0.4) is 0 Å². The molecule has 18 heavy (non-hydrogen) atoms. The number of nitrogens with zero attached hydrogens (tertiary/aromatic N) is 2. The molecule has 0 spiro atoms. The molecule has 0 saturated heterocycles. The minimum absolute atomic E-state index is 0.0648. The quantitative estimate of drug-likeness (QED) is 0.648. The monoisotopic (exact) mass is 247 g/mol. The summed E-state index contributed by atoms with van der Waals surface area (Å²) in [6, 6.07) is 7.08. The highest BCUT2D eigenvalue weighted by Crippen LogP contribution is 2.12. The number of nitriles is 1. The maximum Gasteiger partial charge on any atom is 0.269 e. The highest BCUT2D eigenvalue weighted by molar-refractivity contribution is 5.94. The first-order chi connectivity index (χ1) is 8.45. The SMILES string of the molecule is C[C@H](C#N)[C@H](C)NC(=O)c1ccc([N+](=O)[O-])cc1. The van der Waals surface area contributed by atoms with Gasteiger partial charge in [0.05, 0.1) is 16.9 Å².